The van der Waals surface area contributed by atoms with Crippen molar-refractivity contribution < 1.29 is 18.7 Å². The smallest absolute Gasteiger partial charge is 0.200 e. The number of halogens is 1. The van der Waals surface area contributed by atoms with E-state index in [2.05, 4.69) is 0 Å². The van der Waals surface area contributed by atoms with Crippen molar-refractivity contribution in [3.05, 3.63) is 45.4 Å². The summed E-state index contributed by atoms with van der Waals surface area (Å²) in [6.45, 7) is 5.46. The van der Waals surface area contributed by atoms with E-state index in [1.807, 2.05) is 13.8 Å². The van der Waals surface area contributed by atoms with Crippen LogP contribution in [0.3, 0.4) is 0 Å². The Bertz CT molecular complexity index is 701. The van der Waals surface area contributed by atoms with E-state index < -0.39 is 0 Å². The summed E-state index contributed by atoms with van der Waals surface area (Å²) in [5.74, 6) is 1.90. The molecule has 0 spiro atoms. The van der Waals surface area contributed by atoms with Gasteiger partial charge in [0.1, 0.15) is 22.3 Å². The number of benzene rings is 1. The molecule has 0 aliphatic carbocycles. The summed E-state index contributed by atoms with van der Waals surface area (Å²) >= 11 is 6.20. The predicted octanol–water partition coefficient (Wildman–Crippen LogP) is 4.11. The predicted molar refractivity (Wildman–Crippen MR) is 80.9 cm³/mol. The molecule has 0 aliphatic heterocycles. The summed E-state index contributed by atoms with van der Waals surface area (Å²) in [5.41, 5.74) is 1.76. The third-order valence-electron chi connectivity index (χ3n) is 3.52. The van der Waals surface area contributed by atoms with Gasteiger partial charge in [0.2, 0.25) is 5.78 Å². The quantitative estimate of drug-likeness (QED) is 0.798. The SMILES string of the molecule is COc1ccc(C(=O)c2c(C)oc(C)c2C)c(OC)c1Cl. The van der Waals surface area contributed by atoms with E-state index in [1.165, 1.54) is 14.2 Å². The van der Waals surface area contributed by atoms with Gasteiger partial charge >= 0.3 is 0 Å². The molecule has 0 unspecified atom stereocenters. The fourth-order valence-electron chi connectivity index (χ4n) is 2.34. The third kappa shape index (κ3) is 2.51. The van der Waals surface area contributed by atoms with Gasteiger partial charge in [-0.2, -0.15) is 0 Å². The monoisotopic (exact) mass is 308 g/mol. The summed E-state index contributed by atoms with van der Waals surface area (Å²) < 4.78 is 15.9. The van der Waals surface area contributed by atoms with Crippen LogP contribution in [0.15, 0.2) is 16.5 Å². The molecule has 0 atom stereocenters. The maximum atomic E-state index is 12.8. The van der Waals surface area contributed by atoms with E-state index in [9.17, 15) is 4.79 Å². The number of ketones is 1. The van der Waals surface area contributed by atoms with Crippen LogP contribution >= 0.6 is 11.6 Å². The number of ether oxygens (including phenoxy) is 2. The zero-order chi connectivity index (χ0) is 15.7. The van der Waals surface area contributed by atoms with Crippen LogP contribution in [0.25, 0.3) is 0 Å². The minimum atomic E-state index is -0.178. The number of rotatable bonds is 4. The van der Waals surface area contributed by atoms with Crippen LogP contribution in [-0.2, 0) is 0 Å². The highest BCUT2D eigenvalue weighted by atomic mass is 35.5. The van der Waals surface area contributed by atoms with Crippen LogP contribution in [-0.4, -0.2) is 20.0 Å². The molecule has 0 saturated carbocycles. The molecule has 4 nitrogen and oxygen atoms in total. The number of carbonyl (C=O) groups excluding carboxylic acids is 1. The van der Waals surface area contributed by atoms with Gasteiger partial charge in [-0.05, 0) is 32.9 Å². The molecule has 1 heterocycles. The Morgan fingerprint density at radius 3 is 2.24 bits per heavy atom. The van der Waals surface area contributed by atoms with Gasteiger partial charge in [0.05, 0.1) is 25.3 Å². The Labute approximate surface area is 128 Å². The number of methoxy groups -OCH3 is 2. The highest BCUT2D eigenvalue weighted by Crippen LogP contribution is 2.38. The number of aryl methyl sites for hydroxylation is 2. The largest absolute Gasteiger partial charge is 0.495 e. The van der Waals surface area contributed by atoms with Crippen molar-refractivity contribution in [3.63, 3.8) is 0 Å². The van der Waals surface area contributed by atoms with Gasteiger partial charge in [-0.3, -0.25) is 4.79 Å². The molecule has 1 aromatic carbocycles. The minimum absolute atomic E-state index is 0.178. The molecule has 21 heavy (non-hydrogen) atoms. The maximum Gasteiger partial charge on any atom is 0.200 e. The molecule has 0 fully saturated rings. The second-order valence-corrected chi connectivity index (χ2v) is 5.08. The summed E-state index contributed by atoms with van der Waals surface area (Å²) in [6.07, 6.45) is 0. The fourth-order valence-corrected chi connectivity index (χ4v) is 2.66. The minimum Gasteiger partial charge on any atom is -0.495 e. The van der Waals surface area contributed by atoms with Gasteiger partial charge in [0.15, 0.2) is 5.75 Å². The van der Waals surface area contributed by atoms with E-state index in [-0.39, 0.29) is 10.8 Å². The Balaban J connectivity index is 2.61. The lowest BCUT2D eigenvalue weighted by molar-refractivity contribution is 0.103. The molecular weight excluding hydrogens is 292 g/mol. The van der Waals surface area contributed by atoms with Gasteiger partial charge in [0, 0.05) is 5.56 Å². The molecule has 2 aromatic rings. The van der Waals surface area contributed by atoms with E-state index in [0.29, 0.717) is 28.4 Å². The molecule has 0 bridgehead atoms. The van der Waals surface area contributed by atoms with Gasteiger partial charge in [0.25, 0.3) is 0 Å². The van der Waals surface area contributed by atoms with Crippen molar-refractivity contribution >= 4 is 17.4 Å². The molecule has 0 saturated heterocycles. The molecule has 0 N–H and O–H groups in total. The van der Waals surface area contributed by atoms with Crippen LogP contribution in [0.4, 0.5) is 0 Å². The summed E-state index contributed by atoms with van der Waals surface area (Å²) in [6, 6.07) is 3.29. The highest BCUT2D eigenvalue weighted by Gasteiger charge is 2.25. The Morgan fingerprint density at radius 1 is 1.10 bits per heavy atom. The van der Waals surface area contributed by atoms with Crippen molar-refractivity contribution in [2.24, 2.45) is 0 Å². The van der Waals surface area contributed by atoms with E-state index in [4.69, 9.17) is 25.5 Å². The molecule has 1 aromatic heterocycles. The Kier molecular flexibility index (Phi) is 4.28. The zero-order valence-electron chi connectivity index (χ0n) is 12.7. The standard InChI is InChI=1S/C16H17ClO4/c1-8-9(2)21-10(3)13(8)15(18)11-6-7-12(19-4)14(17)16(11)20-5/h6-7H,1-5H3. The van der Waals surface area contributed by atoms with Gasteiger partial charge in [-0.15, -0.1) is 0 Å². The Hall–Kier alpha value is -1.94. The van der Waals surface area contributed by atoms with Crippen molar-refractivity contribution in [2.75, 3.05) is 14.2 Å². The third-order valence-corrected chi connectivity index (χ3v) is 3.88. The van der Waals surface area contributed by atoms with Crippen LogP contribution < -0.4 is 9.47 Å². The first-order valence-electron chi connectivity index (χ1n) is 6.44. The number of furan rings is 1. The van der Waals surface area contributed by atoms with Gasteiger partial charge < -0.3 is 13.9 Å². The Morgan fingerprint density at radius 2 is 1.76 bits per heavy atom. The topological polar surface area (TPSA) is 48.7 Å². The average Bonchev–Trinajstić information content (AvgIpc) is 2.71. The maximum absolute atomic E-state index is 12.8. The molecule has 2 rings (SSSR count). The number of hydrogen-bond donors (Lipinski definition) is 0. The normalized spacial score (nSPS) is 10.6. The van der Waals surface area contributed by atoms with Crippen LogP contribution in [0.1, 0.15) is 33.0 Å². The first-order valence-corrected chi connectivity index (χ1v) is 6.81. The lowest BCUT2D eigenvalue weighted by atomic mass is 9.99. The lowest BCUT2D eigenvalue weighted by Gasteiger charge is -2.12. The van der Waals surface area contributed by atoms with E-state index >= 15 is 0 Å². The van der Waals surface area contributed by atoms with Crippen molar-refractivity contribution in [3.8, 4) is 11.5 Å². The first kappa shape index (κ1) is 15.4. The van der Waals surface area contributed by atoms with Crippen molar-refractivity contribution in [2.45, 2.75) is 20.8 Å². The fraction of sp³-hybridized carbons (Fsp3) is 0.312. The zero-order valence-corrected chi connectivity index (χ0v) is 13.4. The molecule has 112 valence electrons. The highest BCUT2D eigenvalue weighted by molar-refractivity contribution is 6.34. The van der Waals surface area contributed by atoms with Gasteiger partial charge in [-0.25, -0.2) is 0 Å². The lowest BCUT2D eigenvalue weighted by Crippen LogP contribution is -2.07. The second-order valence-electron chi connectivity index (χ2n) is 4.71. The van der Waals surface area contributed by atoms with Crippen LogP contribution in [0.2, 0.25) is 5.02 Å². The first-order chi connectivity index (χ1) is 9.92. The molecule has 0 radical (unpaired) electrons. The summed E-state index contributed by atoms with van der Waals surface area (Å²) in [4.78, 5) is 12.8. The molecule has 5 heteroatoms. The molecule has 0 amide bonds. The molecule has 0 aliphatic rings. The second kappa shape index (κ2) is 5.82. The van der Waals surface area contributed by atoms with Crippen molar-refractivity contribution in [1.29, 1.82) is 0 Å². The van der Waals surface area contributed by atoms with E-state index in [0.717, 1.165) is 11.3 Å². The number of carbonyl (C=O) groups is 1. The van der Waals surface area contributed by atoms with Gasteiger partial charge in [-0.1, -0.05) is 11.6 Å². The van der Waals surface area contributed by atoms with Crippen LogP contribution in [0.5, 0.6) is 11.5 Å². The summed E-state index contributed by atoms with van der Waals surface area (Å²) in [7, 11) is 2.98. The average molecular weight is 309 g/mol. The summed E-state index contributed by atoms with van der Waals surface area (Å²) in [5, 5.41) is 0.279. The van der Waals surface area contributed by atoms with E-state index in [1.54, 1.807) is 19.1 Å². The van der Waals surface area contributed by atoms with Crippen LogP contribution in [0, 0.1) is 20.8 Å². The van der Waals surface area contributed by atoms with Crippen molar-refractivity contribution in [1.82, 2.24) is 0 Å². The number of hydrogen-bond acceptors (Lipinski definition) is 4. The molecular formula is C16H17ClO4.